The zero-order chi connectivity index (χ0) is 17.6. The number of H-pyrrole nitrogens is 1. The molecule has 124 valence electrons. The molecule has 0 spiro atoms. The maximum atomic E-state index is 12.6. The molecule has 1 aromatic heterocycles. The van der Waals surface area contributed by atoms with E-state index in [-0.39, 0.29) is 11.8 Å². The Bertz CT molecular complexity index is 1330. The topological polar surface area (TPSA) is 62.0 Å². The summed E-state index contributed by atoms with van der Waals surface area (Å²) in [6.07, 6.45) is 0.684. The number of aromatic nitrogens is 1. The molecule has 0 saturated heterocycles. The maximum Gasteiger partial charge on any atom is 0.259 e. The van der Waals surface area contributed by atoms with Crippen LogP contribution in [0.25, 0.3) is 32.9 Å². The molecule has 0 unspecified atom stereocenters. The number of aromatic amines is 1. The first-order valence-corrected chi connectivity index (χ1v) is 8.75. The van der Waals surface area contributed by atoms with Crippen molar-refractivity contribution in [3.8, 4) is 11.1 Å². The number of nitrogens with one attached hydrogen (secondary N) is 2. The van der Waals surface area contributed by atoms with Crippen LogP contribution in [0.5, 0.6) is 0 Å². The molecule has 0 saturated carbocycles. The molecule has 1 aliphatic heterocycles. The van der Waals surface area contributed by atoms with Crippen LogP contribution in [0.4, 0.5) is 0 Å². The lowest BCUT2D eigenvalue weighted by Gasteiger charge is -2.08. The van der Waals surface area contributed by atoms with Gasteiger partial charge in [0.05, 0.1) is 16.6 Å². The molecule has 4 aromatic rings. The zero-order valence-electron chi connectivity index (χ0n) is 13.4. The number of fused-ring (bicyclic) bond motifs is 10. The van der Waals surface area contributed by atoms with E-state index in [4.69, 9.17) is 11.6 Å². The molecule has 3 aromatic carbocycles. The van der Waals surface area contributed by atoms with Crippen LogP contribution in [-0.4, -0.2) is 16.8 Å². The van der Waals surface area contributed by atoms with E-state index in [1.54, 1.807) is 0 Å². The summed E-state index contributed by atoms with van der Waals surface area (Å²) in [4.78, 5) is 28.7. The van der Waals surface area contributed by atoms with E-state index >= 15 is 0 Å². The molecule has 4 nitrogen and oxygen atoms in total. The quantitative estimate of drug-likeness (QED) is 0.402. The summed E-state index contributed by atoms with van der Waals surface area (Å²) in [6, 6.07) is 13.6. The molecule has 26 heavy (non-hydrogen) atoms. The highest BCUT2D eigenvalue weighted by atomic mass is 35.5. The number of imide groups is 1. The average molecular weight is 359 g/mol. The minimum atomic E-state index is -0.329. The number of rotatable bonds is 0. The van der Waals surface area contributed by atoms with Crippen molar-refractivity contribution in [3.05, 3.63) is 69.7 Å². The van der Waals surface area contributed by atoms with Crippen LogP contribution in [0.2, 0.25) is 5.02 Å². The second kappa shape index (κ2) is 4.54. The van der Waals surface area contributed by atoms with E-state index in [1.165, 1.54) is 0 Å². The Morgan fingerprint density at radius 1 is 0.923 bits per heavy atom. The predicted molar refractivity (Wildman–Crippen MR) is 101 cm³/mol. The van der Waals surface area contributed by atoms with Crippen molar-refractivity contribution in [1.82, 2.24) is 10.3 Å². The Morgan fingerprint density at radius 3 is 2.62 bits per heavy atom. The van der Waals surface area contributed by atoms with Gasteiger partial charge in [0.1, 0.15) is 0 Å². The summed E-state index contributed by atoms with van der Waals surface area (Å²) >= 11 is 6.18. The highest BCUT2D eigenvalue weighted by Crippen LogP contribution is 2.47. The van der Waals surface area contributed by atoms with E-state index in [1.807, 2.05) is 42.5 Å². The second-order valence-electron chi connectivity index (χ2n) is 6.79. The van der Waals surface area contributed by atoms with E-state index in [0.29, 0.717) is 22.6 Å². The van der Waals surface area contributed by atoms with Crippen LogP contribution in [-0.2, 0) is 6.42 Å². The molecule has 0 bridgehead atoms. The van der Waals surface area contributed by atoms with E-state index in [2.05, 4.69) is 10.3 Å². The number of carbonyl (C=O) groups is 2. The largest absolute Gasteiger partial charge is 0.354 e. The minimum absolute atomic E-state index is 0.323. The maximum absolute atomic E-state index is 12.6. The number of carbonyl (C=O) groups excluding carboxylic acids is 2. The van der Waals surface area contributed by atoms with Crippen LogP contribution >= 0.6 is 11.6 Å². The lowest BCUT2D eigenvalue weighted by Crippen LogP contribution is -2.20. The lowest BCUT2D eigenvalue weighted by atomic mass is 9.92. The summed E-state index contributed by atoms with van der Waals surface area (Å²) in [5.74, 6) is -0.652. The van der Waals surface area contributed by atoms with Crippen LogP contribution in [0.15, 0.2) is 42.5 Å². The third-order valence-electron chi connectivity index (χ3n) is 5.44. The monoisotopic (exact) mass is 358 g/mol. The summed E-state index contributed by atoms with van der Waals surface area (Å²) < 4.78 is 0. The third-order valence-corrected chi connectivity index (χ3v) is 5.68. The predicted octanol–water partition coefficient (Wildman–Crippen LogP) is 4.43. The number of para-hydroxylation sites is 1. The van der Waals surface area contributed by atoms with E-state index in [9.17, 15) is 9.59 Å². The number of hydrogen-bond donors (Lipinski definition) is 2. The SMILES string of the molecule is O=C1NC(=O)c2c1c1c(c3[nH]c4ccccc4c23)Cc2cc(Cl)ccc2-1. The second-order valence-corrected chi connectivity index (χ2v) is 7.22. The zero-order valence-corrected chi connectivity index (χ0v) is 14.2. The van der Waals surface area contributed by atoms with Crippen LogP contribution in [0.3, 0.4) is 0 Å². The van der Waals surface area contributed by atoms with Crippen molar-refractivity contribution in [3.63, 3.8) is 0 Å². The van der Waals surface area contributed by atoms with Gasteiger partial charge in [0.2, 0.25) is 0 Å². The molecule has 6 rings (SSSR count). The minimum Gasteiger partial charge on any atom is -0.354 e. The van der Waals surface area contributed by atoms with Crippen LogP contribution in [0.1, 0.15) is 31.8 Å². The standard InChI is InChI=1S/C21H11ClN2O2/c22-10-5-6-11-9(7-10)8-13-15(11)17-18(21(26)24-20(17)25)16-12-3-1-2-4-14(12)23-19(13)16/h1-7,23H,8H2,(H,24,25,26). The van der Waals surface area contributed by atoms with Gasteiger partial charge >= 0.3 is 0 Å². The number of benzene rings is 3. The lowest BCUT2D eigenvalue weighted by molar-refractivity contribution is 0.0880. The Morgan fingerprint density at radius 2 is 1.73 bits per heavy atom. The van der Waals surface area contributed by atoms with E-state index in [0.717, 1.165) is 44.1 Å². The molecule has 1 aliphatic carbocycles. The van der Waals surface area contributed by atoms with Gasteiger partial charge < -0.3 is 4.98 Å². The summed E-state index contributed by atoms with van der Waals surface area (Å²) in [5.41, 5.74) is 6.81. The first-order chi connectivity index (χ1) is 12.6. The van der Waals surface area contributed by atoms with Gasteiger partial charge in [0.25, 0.3) is 11.8 Å². The smallest absolute Gasteiger partial charge is 0.259 e. The van der Waals surface area contributed by atoms with Crippen molar-refractivity contribution in [2.75, 3.05) is 0 Å². The molecular weight excluding hydrogens is 348 g/mol. The van der Waals surface area contributed by atoms with Crippen LogP contribution in [0, 0.1) is 0 Å². The van der Waals surface area contributed by atoms with Crippen molar-refractivity contribution in [1.29, 1.82) is 0 Å². The van der Waals surface area contributed by atoms with Gasteiger partial charge in [-0.15, -0.1) is 0 Å². The van der Waals surface area contributed by atoms with Crippen LogP contribution < -0.4 is 5.32 Å². The van der Waals surface area contributed by atoms with Gasteiger partial charge in [-0.05, 0) is 34.9 Å². The molecular formula is C21H11ClN2O2. The van der Waals surface area contributed by atoms with Gasteiger partial charge in [0, 0.05) is 33.3 Å². The molecule has 0 atom stereocenters. The van der Waals surface area contributed by atoms with Gasteiger partial charge in [-0.3, -0.25) is 14.9 Å². The third kappa shape index (κ3) is 1.56. The fraction of sp³-hybridized carbons (Fsp3) is 0.0476. The Kier molecular flexibility index (Phi) is 2.46. The molecule has 0 radical (unpaired) electrons. The fourth-order valence-electron chi connectivity index (χ4n) is 4.45. The highest BCUT2D eigenvalue weighted by Gasteiger charge is 2.38. The Labute approximate surface area is 152 Å². The first kappa shape index (κ1) is 14.1. The number of hydrogen-bond acceptors (Lipinski definition) is 2. The highest BCUT2D eigenvalue weighted by molar-refractivity contribution is 6.34. The van der Waals surface area contributed by atoms with Gasteiger partial charge in [-0.25, -0.2) is 0 Å². The Balaban J connectivity index is 1.88. The molecule has 2 amide bonds. The fourth-order valence-corrected chi connectivity index (χ4v) is 4.65. The average Bonchev–Trinajstić information content (AvgIpc) is 3.25. The van der Waals surface area contributed by atoms with Gasteiger partial charge in [-0.2, -0.15) is 0 Å². The normalized spacial score (nSPS) is 14.7. The molecule has 2 N–H and O–H groups in total. The van der Waals surface area contributed by atoms with Crippen molar-refractivity contribution in [2.24, 2.45) is 0 Å². The molecule has 0 fully saturated rings. The van der Waals surface area contributed by atoms with Crippen molar-refractivity contribution < 1.29 is 9.59 Å². The molecule has 2 aliphatic rings. The molecule has 5 heteroatoms. The van der Waals surface area contributed by atoms with E-state index < -0.39 is 0 Å². The number of amides is 2. The number of halogens is 1. The van der Waals surface area contributed by atoms with Gasteiger partial charge in [-0.1, -0.05) is 35.9 Å². The van der Waals surface area contributed by atoms with Gasteiger partial charge in [0.15, 0.2) is 0 Å². The summed E-state index contributed by atoms with van der Waals surface area (Å²) in [7, 11) is 0. The molecule has 2 heterocycles. The first-order valence-electron chi connectivity index (χ1n) is 8.37. The summed E-state index contributed by atoms with van der Waals surface area (Å²) in [5, 5.41) is 4.94. The Hall–Kier alpha value is -3.11. The van der Waals surface area contributed by atoms with Crippen molar-refractivity contribution in [2.45, 2.75) is 6.42 Å². The van der Waals surface area contributed by atoms with Crippen molar-refractivity contribution >= 4 is 45.2 Å². The summed E-state index contributed by atoms with van der Waals surface area (Å²) in [6.45, 7) is 0.